The molecule has 7 heteroatoms. The third kappa shape index (κ3) is 5.20. The van der Waals surface area contributed by atoms with Gasteiger partial charge in [0.15, 0.2) is 6.61 Å². The Morgan fingerprint density at radius 1 is 1.11 bits per heavy atom. The number of carbonyl (C=O) groups excluding carboxylic acids is 2. The zero-order chi connectivity index (χ0) is 19.2. The number of esters is 1. The number of hydrogen-bond donors (Lipinski definition) is 1. The molecule has 2 aromatic carbocycles. The molecule has 0 atom stereocenters. The largest absolute Gasteiger partial charge is 0.455 e. The van der Waals surface area contributed by atoms with Crippen molar-refractivity contribution in [3.05, 3.63) is 58.9 Å². The highest BCUT2D eigenvalue weighted by Gasteiger charge is 2.15. The van der Waals surface area contributed by atoms with Gasteiger partial charge in [-0.3, -0.25) is 9.59 Å². The molecule has 1 N–H and O–H groups in total. The van der Waals surface area contributed by atoms with E-state index >= 15 is 0 Å². The van der Waals surface area contributed by atoms with Gasteiger partial charge in [-0.1, -0.05) is 17.7 Å². The first-order valence-electron chi connectivity index (χ1n) is 8.76. The second-order valence-electron chi connectivity index (χ2n) is 6.33. The van der Waals surface area contributed by atoms with Gasteiger partial charge in [-0.05, 0) is 49.2 Å². The maximum absolute atomic E-state index is 13.7. The van der Waals surface area contributed by atoms with Crippen molar-refractivity contribution < 1.29 is 18.7 Å². The molecule has 0 aromatic heterocycles. The molecule has 1 fully saturated rings. The zero-order valence-electron chi connectivity index (χ0n) is 14.7. The van der Waals surface area contributed by atoms with Gasteiger partial charge in [0.2, 0.25) is 0 Å². The fourth-order valence-electron chi connectivity index (χ4n) is 2.97. The van der Waals surface area contributed by atoms with Crippen LogP contribution in [0.3, 0.4) is 0 Å². The maximum atomic E-state index is 13.7. The molecule has 0 aliphatic carbocycles. The van der Waals surface area contributed by atoms with Crippen molar-refractivity contribution in [1.82, 2.24) is 0 Å². The van der Waals surface area contributed by atoms with Crippen molar-refractivity contribution in [2.45, 2.75) is 19.3 Å². The molecular weight excluding hydrogens is 371 g/mol. The van der Waals surface area contributed by atoms with Gasteiger partial charge in [-0.15, -0.1) is 0 Å². The van der Waals surface area contributed by atoms with Crippen LogP contribution in [-0.4, -0.2) is 31.6 Å². The smallest absolute Gasteiger partial charge is 0.310 e. The quantitative estimate of drug-likeness (QED) is 0.762. The predicted octanol–water partition coefficient (Wildman–Crippen LogP) is 3.80. The van der Waals surface area contributed by atoms with E-state index in [9.17, 15) is 14.0 Å². The number of nitrogens with one attached hydrogen (secondary N) is 1. The number of anilines is 2. The van der Waals surface area contributed by atoms with E-state index in [1.807, 2.05) is 24.3 Å². The summed E-state index contributed by atoms with van der Waals surface area (Å²) in [7, 11) is 0. The molecule has 0 radical (unpaired) electrons. The third-order valence-corrected chi connectivity index (χ3v) is 4.72. The molecule has 142 valence electrons. The average Bonchev–Trinajstić information content (AvgIpc) is 3.18. The monoisotopic (exact) mass is 390 g/mol. The van der Waals surface area contributed by atoms with Crippen LogP contribution < -0.4 is 10.2 Å². The van der Waals surface area contributed by atoms with Crippen LogP contribution >= 0.6 is 11.6 Å². The lowest BCUT2D eigenvalue weighted by Crippen LogP contribution is -2.22. The summed E-state index contributed by atoms with van der Waals surface area (Å²) in [5.41, 5.74) is 1.80. The third-order valence-electron chi connectivity index (χ3n) is 4.37. The minimum Gasteiger partial charge on any atom is -0.455 e. The summed E-state index contributed by atoms with van der Waals surface area (Å²) in [6.45, 7) is 1.65. The lowest BCUT2D eigenvalue weighted by molar-refractivity contribution is -0.146. The summed E-state index contributed by atoms with van der Waals surface area (Å²) in [4.78, 5) is 26.1. The Morgan fingerprint density at radius 2 is 1.81 bits per heavy atom. The van der Waals surface area contributed by atoms with Crippen molar-refractivity contribution in [3.8, 4) is 0 Å². The Balaban J connectivity index is 1.47. The molecule has 1 amide bonds. The highest BCUT2D eigenvalue weighted by molar-refractivity contribution is 6.31. The van der Waals surface area contributed by atoms with Gasteiger partial charge in [-0.25, -0.2) is 4.39 Å². The number of hydrogen-bond acceptors (Lipinski definition) is 4. The molecule has 1 saturated heterocycles. The van der Waals surface area contributed by atoms with Gasteiger partial charge in [0, 0.05) is 35.1 Å². The minimum absolute atomic E-state index is 0.0575. The summed E-state index contributed by atoms with van der Waals surface area (Å²) in [6.07, 6.45) is 2.06. The molecule has 0 unspecified atom stereocenters. The van der Waals surface area contributed by atoms with Gasteiger partial charge in [0.1, 0.15) is 5.82 Å². The van der Waals surface area contributed by atoms with E-state index in [0.717, 1.165) is 18.8 Å². The lowest BCUT2D eigenvalue weighted by atomic mass is 10.1. The molecule has 1 aliphatic heterocycles. The highest BCUT2D eigenvalue weighted by Crippen LogP contribution is 2.22. The summed E-state index contributed by atoms with van der Waals surface area (Å²) in [5, 5.41) is 2.81. The van der Waals surface area contributed by atoms with Crippen LogP contribution in [0.2, 0.25) is 5.02 Å². The van der Waals surface area contributed by atoms with Crippen molar-refractivity contribution in [2.75, 3.05) is 29.9 Å². The first-order valence-corrected chi connectivity index (χ1v) is 9.14. The van der Waals surface area contributed by atoms with Crippen LogP contribution in [0.25, 0.3) is 0 Å². The predicted molar refractivity (Wildman–Crippen MR) is 103 cm³/mol. The van der Waals surface area contributed by atoms with Gasteiger partial charge in [-0.2, -0.15) is 0 Å². The van der Waals surface area contributed by atoms with E-state index in [2.05, 4.69) is 10.2 Å². The van der Waals surface area contributed by atoms with Gasteiger partial charge < -0.3 is 15.0 Å². The molecule has 1 heterocycles. The summed E-state index contributed by atoms with van der Waals surface area (Å²) in [6, 6.07) is 11.7. The van der Waals surface area contributed by atoms with Gasteiger partial charge in [0.05, 0.1) is 6.42 Å². The molecule has 3 rings (SSSR count). The summed E-state index contributed by atoms with van der Waals surface area (Å²) >= 11 is 5.87. The fourth-order valence-corrected chi connectivity index (χ4v) is 3.20. The lowest BCUT2D eigenvalue weighted by Gasteiger charge is -2.17. The fraction of sp³-hybridized carbons (Fsp3) is 0.300. The van der Waals surface area contributed by atoms with Crippen LogP contribution in [-0.2, 0) is 20.7 Å². The van der Waals surface area contributed by atoms with Crippen molar-refractivity contribution in [1.29, 1.82) is 0 Å². The topological polar surface area (TPSA) is 58.6 Å². The number of amides is 1. The number of benzene rings is 2. The van der Waals surface area contributed by atoms with E-state index in [4.69, 9.17) is 16.3 Å². The molecule has 1 aliphatic rings. The number of nitrogens with zero attached hydrogens (tertiary/aromatic N) is 1. The average molecular weight is 391 g/mol. The first kappa shape index (κ1) is 19.2. The summed E-state index contributed by atoms with van der Waals surface area (Å²) in [5.74, 6) is -1.76. The van der Waals surface area contributed by atoms with Crippen LogP contribution in [0.4, 0.5) is 15.8 Å². The van der Waals surface area contributed by atoms with Crippen LogP contribution in [0.15, 0.2) is 42.5 Å². The van der Waals surface area contributed by atoms with Gasteiger partial charge in [0.25, 0.3) is 5.91 Å². The van der Waals surface area contributed by atoms with E-state index in [0.29, 0.717) is 5.69 Å². The first-order chi connectivity index (χ1) is 13.0. The van der Waals surface area contributed by atoms with Crippen LogP contribution in [0, 0.1) is 5.82 Å². The summed E-state index contributed by atoms with van der Waals surface area (Å²) < 4.78 is 18.6. The van der Waals surface area contributed by atoms with Crippen molar-refractivity contribution in [2.24, 2.45) is 0 Å². The second-order valence-corrected chi connectivity index (χ2v) is 6.73. The highest BCUT2D eigenvalue weighted by atomic mass is 35.5. The van der Waals surface area contributed by atoms with Crippen LogP contribution in [0.1, 0.15) is 18.4 Å². The molecule has 27 heavy (non-hydrogen) atoms. The number of ether oxygens (including phenoxy) is 1. The molecule has 5 nitrogen and oxygen atoms in total. The van der Waals surface area contributed by atoms with E-state index < -0.39 is 24.3 Å². The minimum atomic E-state index is -0.721. The molecule has 0 saturated carbocycles. The van der Waals surface area contributed by atoms with E-state index in [1.165, 1.54) is 31.0 Å². The normalized spacial score (nSPS) is 13.5. The number of carbonyl (C=O) groups is 2. The SMILES string of the molecule is O=C(COC(=O)Cc1c(F)cccc1Cl)Nc1ccc(N2CCCC2)cc1. The molecule has 2 aromatic rings. The number of rotatable bonds is 6. The van der Waals surface area contributed by atoms with Crippen molar-refractivity contribution >= 4 is 34.9 Å². The Hall–Kier alpha value is -2.60. The maximum Gasteiger partial charge on any atom is 0.310 e. The number of halogens is 2. The Morgan fingerprint density at radius 3 is 2.48 bits per heavy atom. The Labute approximate surface area is 162 Å². The second kappa shape index (κ2) is 8.86. The van der Waals surface area contributed by atoms with E-state index in [-0.39, 0.29) is 17.0 Å². The van der Waals surface area contributed by atoms with E-state index in [1.54, 1.807) is 0 Å². The Bertz CT molecular complexity index is 800. The van der Waals surface area contributed by atoms with Crippen LogP contribution in [0.5, 0.6) is 0 Å². The molecule has 0 bridgehead atoms. The van der Waals surface area contributed by atoms with Gasteiger partial charge >= 0.3 is 5.97 Å². The van der Waals surface area contributed by atoms with Crippen molar-refractivity contribution in [3.63, 3.8) is 0 Å². The Kier molecular flexibility index (Phi) is 6.29. The molecule has 0 spiro atoms. The molecular formula is C20H20ClFN2O3. The standard InChI is InChI=1S/C20H20ClFN2O3/c21-17-4-3-5-18(22)16(17)12-20(26)27-13-19(25)23-14-6-8-15(9-7-14)24-10-1-2-11-24/h3-9H,1-2,10-13H2,(H,23,25). The zero-order valence-corrected chi connectivity index (χ0v) is 15.5.